The summed E-state index contributed by atoms with van der Waals surface area (Å²) >= 11 is 0. The van der Waals surface area contributed by atoms with Crippen molar-refractivity contribution in [1.29, 1.82) is 0 Å². The predicted octanol–water partition coefficient (Wildman–Crippen LogP) is 3.57. The van der Waals surface area contributed by atoms with E-state index in [1.807, 2.05) is 24.3 Å². The van der Waals surface area contributed by atoms with Crippen molar-refractivity contribution < 1.29 is 14.3 Å². The number of hydrogen-bond donors (Lipinski definition) is 0. The lowest BCUT2D eigenvalue weighted by Gasteiger charge is -2.02. The molecule has 0 aromatic heterocycles. The highest BCUT2D eigenvalue weighted by atomic mass is 16.5. The van der Waals surface area contributed by atoms with Gasteiger partial charge in [0, 0.05) is 0 Å². The van der Waals surface area contributed by atoms with E-state index in [0.717, 1.165) is 12.0 Å². The van der Waals surface area contributed by atoms with Crippen LogP contribution in [0.2, 0.25) is 0 Å². The van der Waals surface area contributed by atoms with Crippen molar-refractivity contribution in [2.75, 3.05) is 6.61 Å². The zero-order valence-electron chi connectivity index (χ0n) is 12.6. The molecule has 0 amide bonds. The van der Waals surface area contributed by atoms with E-state index in [0.29, 0.717) is 0 Å². The summed E-state index contributed by atoms with van der Waals surface area (Å²) in [6.45, 7) is 3.47. The largest absolute Gasteiger partial charge is 0.455 e. The lowest BCUT2D eigenvalue weighted by Crippen LogP contribution is -2.14. The summed E-state index contributed by atoms with van der Waals surface area (Å²) in [5, 5.41) is 0. The molecular formula is C20H16O3. The molecule has 3 heteroatoms. The number of ether oxygens (including phenoxy) is 1. The Hall–Kier alpha value is -2.94. The van der Waals surface area contributed by atoms with Crippen LogP contribution < -0.4 is 0 Å². The number of esters is 1. The molecule has 0 N–H and O–H groups in total. The Morgan fingerprint density at radius 3 is 2.70 bits per heavy atom. The van der Waals surface area contributed by atoms with Crippen molar-refractivity contribution in [2.24, 2.45) is 0 Å². The zero-order chi connectivity index (χ0) is 16.2. The highest BCUT2D eigenvalue weighted by Gasteiger charge is 2.17. The zero-order valence-corrected chi connectivity index (χ0v) is 12.6. The number of carbonyl (C=O) groups is 2. The summed E-state index contributed by atoms with van der Waals surface area (Å²) in [7, 11) is 0. The van der Waals surface area contributed by atoms with Crippen LogP contribution in [0.1, 0.15) is 16.7 Å². The summed E-state index contributed by atoms with van der Waals surface area (Å²) in [5.74, 6) is -1.54. The van der Waals surface area contributed by atoms with Crippen LogP contribution in [0.25, 0.3) is 17.2 Å². The van der Waals surface area contributed by atoms with E-state index in [1.54, 1.807) is 6.08 Å². The van der Waals surface area contributed by atoms with E-state index >= 15 is 0 Å². The van der Waals surface area contributed by atoms with Gasteiger partial charge in [-0.2, -0.15) is 0 Å². The van der Waals surface area contributed by atoms with Gasteiger partial charge in [0.05, 0.1) is 0 Å². The van der Waals surface area contributed by atoms with E-state index in [4.69, 9.17) is 4.74 Å². The fraction of sp³-hybridized carbons (Fsp3) is 0.100. The van der Waals surface area contributed by atoms with Crippen molar-refractivity contribution in [2.45, 2.75) is 6.42 Å². The first-order valence-corrected chi connectivity index (χ1v) is 7.40. The van der Waals surface area contributed by atoms with Crippen LogP contribution >= 0.6 is 0 Å². The lowest BCUT2D eigenvalue weighted by atomic mass is 10.0. The quantitative estimate of drug-likeness (QED) is 0.313. The molecule has 2 aromatic rings. The molecule has 0 heterocycles. The molecular weight excluding hydrogens is 288 g/mol. The van der Waals surface area contributed by atoms with E-state index < -0.39 is 11.8 Å². The monoisotopic (exact) mass is 304 g/mol. The first kappa shape index (κ1) is 15.0. The topological polar surface area (TPSA) is 43.4 Å². The van der Waals surface area contributed by atoms with Crippen molar-refractivity contribution in [1.82, 2.24) is 0 Å². The first-order chi connectivity index (χ1) is 11.2. The molecule has 0 radical (unpaired) electrons. The van der Waals surface area contributed by atoms with Gasteiger partial charge in [0.2, 0.25) is 0 Å². The molecule has 1 aliphatic carbocycles. The van der Waals surface area contributed by atoms with Gasteiger partial charge in [-0.3, -0.25) is 4.79 Å². The van der Waals surface area contributed by atoms with E-state index in [2.05, 4.69) is 24.8 Å². The maximum Gasteiger partial charge on any atom is 0.379 e. The number of benzene rings is 2. The molecule has 3 rings (SSSR count). The molecule has 0 saturated heterocycles. The third-order valence-electron chi connectivity index (χ3n) is 3.78. The fourth-order valence-corrected chi connectivity index (χ4v) is 2.71. The van der Waals surface area contributed by atoms with Crippen LogP contribution in [-0.4, -0.2) is 18.4 Å². The molecule has 1 aliphatic rings. The maximum absolute atomic E-state index is 11.6. The average Bonchev–Trinajstić information content (AvgIpc) is 2.95. The number of ketones is 1. The van der Waals surface area contributed by atoms with Crippen molar-refractivity contribution in [3.63, 3.8) is 0 Å². The normalized spacial score (nSPS) is 11.8. The van der Waals surface area contributed by atoms with Gasteiger partial charge in [-0.1, -0.05) is 61.2 Å². The summed E-state index contributed by atoms with van der Waals surface area (Å²) < 4.78 is 4.70. The van der Waals surface area contributed by atoms with Gasteiger partial charge in [0.25, 0.3) is 5.78 Å². The Kier molecular flexibility index (Phi) is 4.20. The second-order valence-corrected chi connectivity index (χ2v) is 5.34. The smallest absolute Gasteiger partial charge is 0.379 e. The van der Waals surface area contributed by atoms with Crippen molar-refractivity contribution in [3.05, 3.63) is 77.9 Å². The molecule has 0 atom stereocenters. The Morgan fingerprint density at radius 2 is 1.87 bits per heavy atom. The molecule has 114 valence electrons. The minimum atomic E-state index is -0.866. The summed E-state index contributed by atoms with van der Waals surface area (Å²) in [4.78, 5) is 23.0. The minimum Gasteiger partial charge on any atom is -0.455 e. The van der Waals surface area contributed by atoms with E-state index in [9.17, 15) is 9.59 Å². The van der Waals surface area contributed by atoms with Gasteiger partial charge in [0.1, 0.15) is 6.61 Å². The van der Waals surface area contributed by atoms with Gasteiger partial charge in [-0.05, 0) is 40.3 Å². The minimum absolute atomic E-state index is 0.0372. The van der Waals surface area contributed by atoms with Gasteiger partial charge in [-0.15, -0.1) is 0 Å². The average molecular weight is 304 g/mol. The van der Waals surface area contributed by atoms with Crippen LogP contribution in [0.5, 0.6) is 0 Å². The molecule has 2 aromatic carbocycles. The number of rotatable bonds is 5. The van der Waals surface area contributed by atoms with Crippen LogP contribution in [0.3, 0.4) is 0 Å². The Balaban J connectivity index is 1.75. The van der Waals surface area contributed by atoms with Gasteiger partial charge >= 0.3 is 5.97 Å². The van der Waals surface area contributed by atoms with Gasteiger partial charge in [0.15, 0.2) is 0 Å². The fourth-order valence-electron chi connectivity index (χ4n) is 2.71. The second kappa shape index (κ2) is 6.44. The van der Waals surface area contributed by atoms with Crippen LogP contribution in [0, 0.1) is 0 Å². The lowest BCUT2D eigenvalue weighted by molar-refractivity contribution is -0.150. The van der Waals surface area contributed by atoms with Crippen LogP contribution in [0.15, 0.2) is 61.2 Å². The van der Waals surface area contributed by atoms with Gasteiger partial charge in [-0.25, -0.2) is 4.79 Å². The Labute approximate surface area is 134 Å². The predicted molar refractivity (Wildman–Crippen MR) is 89.9 cm³/mol. The molecule has 0 unspecified atom stereocenters. The molecule has 23 heavy (non-hydrogen) atoms. The molecule has 0 bridgehead atoms. The van der Waals surface area contributed by atoms with E-state index in [1.165, 1.54) is 34.4 Å². The van der Waals surface area contributed by atoms with Crippen molar-refractivity contribution >= 4 is 17.8 Å². The standard InChI is InChI=1S/C20H16O3/c1-2-11-23-20(22)19(21)10-8-14-7-9-18-16(12-14)13-15-5-3-4-6-17(15)18/h2-10,12H,1,11,13H2. The Morgan fingerprint density at radius 1 is 1.09 bits per heavy atom. The van der Waals surface area contributed by atoms with Crippen molar-refractivity contribution in [3.8, 4) is 11.1 Å². The SMILES string of the molecule is C=CCOC(=O)C(=O)C=Cc1ccc2c(c1)Cc1ccccc1-2. The summed E-state index contributed by atoms with van der Waals surface area (Å²) in [6.07, 6.45) is 5.20. The summed E-state index contributed by atoms with van der Waals surface area (Å²) in [6, 6.07) is 14.4. The highest BCUT2D eigenvalue weighted by molar-refractivity contribution is 6.39. The maximum atomic E-state index is 11.6. The number of fused-ring (bicyclic) bond motifs is 3. The molecule has 0 saturated carbocycles. The highest BCUT2D eigenvalue weighted by Crippen LogP contribution is 2.36. The second-order valence-electron chi connectivity index (χ2n) is 5.34. The number of carbonyl (C=O) groups excluding carboxylic acids is 2. The molecule has 0 fully saturated rings. The molecule has 3 nitrogen and oxygen atoms in total. The van der Waals surface area contributed by atoms with E-state index in [-0.39, 0.29) is 6.61 Å². The third-order valence-corrected chi connectivity index (χ3v) is 3.78. The van der Waals surface area contributed by atoms with Crippen LogP contribution in [-0.2, 0) is 20.7 Å². The number of hydrogen-bond acceptors (Lipinski definition) is 3. The third kappa shape index (κ3) is 3.14. The Bertz CT molecular complexity index is 815. The molecule has 0 aliphatic heterocycles. The molecule has 0 spiro atoms. The first-order valence-electron chi connectivity index (χ1n) is 7.40. The summed E-state index contributed by atoms with van der Waals surface area (Å²) in [5.41, 5.74) is 5.93. The van der Waals surface area contributed by atoms with Gasteiger partial charge < -0.3 is 4.74 Å². The van der Waals surface area contributed by atoms with Crippen LogP contribution in [0.4, 0.5) is 0 Å².